The van der Waals surface area contributed by atoms with Crippen molar-refractivity contribution in [2.45, 2.75) is 38.1 Å². The van der Waals surface area contributed by atoms with Crippen molar-refractivity contribution in [3.05, 3.63) is 45.8 Å². The molecule has 8 nitrogen and oxygen atoms in total. The number of amides is 2. The molecule has 178 valence electrons. The van der Waals surface area contributed by atoms with Crippen molar-refractivity contribution in [3.8, 4) is 0 Å². The van der Waals surface area contributed by atoms with E-state index in [0.29, 0.717) is 54.0 Å². The molecule has 1 aromatic heterocycles. The number of likely N-dealkylation sites (N-methyl/N-ethyl adjacent to an activating group) is 1. The molecule has 2 aliphatic rings. The highest BCUT2D eigenvalue weighted by atomic mass is 32.2. The fraction of sp³-hybridized carbons (Fsp3) is 0.478. The van der Waals surface area contributed by atoms with Crippen molar-refractivity contribution in [1.29, 1.82) is 0 Å². The summed E-state index contributed by atoms with van der Waals surface area (Å²) in [7, 11) is -1.61. The molecule has 2 atom stereocenters. The minimum absolute atomic E-state index is 0.174. The first-order valence-electron chi connectivity index (χ1n) is 11.1. The van der Waals surface area contributed by atoms with Crippen molar-refractivity contribution in [2.24, 2.45) is 17.6 Å². The van der Waals surface area contributed by atoms with Gasteiger partial charge in [0, 0.05) is 36.6 Å². The van der Waals surface area contributed by atoms with Gasteiger partial charge in [-0.05, 0) is 61.6 Å². The number of nitrogens with one attached hydrogen (secondary N) is 1. The number of nitrogens with two attached hydrogens (primary N) is 1. The third-order valence-electron chi connectivity index (χ3n) is 6.31. The SMILES string of the molecule is C[C@H]1C[C@H](C)CN(S(=O)(=O)c2ccc(C(=O)Nc3sc4c(c3C(N)=O)CCN(C)C4)cc2)C1. The molecule has 4 rings (SSSR count). The molecule has 1 saturated heterocycles. The van der Waals surface area contributed by atoms with Gasteiger partial charge >= 0.3 is 0 Å². The van der Waals surface area contributed by atoms with Crippen molar-refractivity contribution >= 4 is 38.2 Å². The maximum Gasteiger partial charge on any atom is 0.256 e. The van der Waals surface area contributed by atoms with E-state index in [0.717, 1.165) is 23.4 Å². The van der Waals surface area contributed by atoms with E-state index in [9.17, 15) is 18.0 Å². The van der Waals surface area contributed by atoms with Gasteiger partial charge in [-0.25, -0.2) is 8.42 Å². The molecule has 3 N–H and O–H groups in total. The van der Waals surface area contributed by atoms with Crippen LogP contribution in [0.1, 0.15) is 51.4 Å². The van der Waals surface area contributed by atoms with Crippen LogP contribution in [0.4, 0.5) is 5.00 Å². The number of carbonyl (C=O) groups excluding carboxylic acids is 2. The molecule has 0 aliphatic carbocycles. The summed E-state index contributed by atoms with van der Waals surface area (Å²) in [5.41, 5.74) is 7.22. The van der Waals surface area contributed by atoms with Crippen LogP contribution in [-0.4, -0.2) is 56.1 Å². The lowest BCUT2D eigenvalue weighted by Gasteiger charge is -2.34. The number of rotatable bonds is 5. The second-order valence-corrected chi connectivity index (χ2v) is 12.3. The van der Waals surface area contributed by atoms with E-state index in [-0.39, 0.29) is 4.90 Å². The van der Waals surface area contributed by atoms with E-state index in [1.807, 2.05) is 7.05 Å². The second-order valence-electron chi connectivity index (χ2n) is 9.31. The Bertz CT molecular complexity index is 1160. The lowest BCUT2D eigenvalue weighted by atomic mass is 9.94. The predicted octanol–water partition coefficient (Wildman–Crippen LogP) is 2.75. The van der Waals surface area contributed by atoms with Gasteiger partial charge in [-0.2, -0.15) is 4.31 Å². The summed E-state index contributed by atoms with van der Waals surface area (Å²) in [5.74, 6) is -0.346. The molecule has 1 aromatic carbocycles. The standard InChI is InChI=1S/C23H30N4O4S2/c1-14-10-15(2)12-27(11-14)33(30,31)17-6-4-16(5-7-17)22(29)25-23-20(21(24)28)18-8-9-26(3)13-19(18)32-23/h4-7,14-15H,8-13H2,1-3H3,(H2,24,28)(H,25,29)/t14-,15-/m0/s1. The molecule has 0 spiro atoms. The Hall–Kier alpha value is -2.27. The zero-order valence-electron chi connectivity index (χ0n) is 19.1. The number of piperidine rings is 1. The van der Waals surface area contributed by atoms with Crippen LogP contribution >= 0.6 is 11.3 Å². The van der Waals surface area contributed by atoms with Crippen LogP contribution < -0.4 is 11.1 Å². The average Bonchev–Trinajstić information content (AvgIpc) is 3.10. The molecule has 10 heteroatoms. The number of primary amides is 1. The third-order valence-corrected chi connectivity index (χ3v) is 9.29. The molecule has 0 bridgehead atoms. The number of hydrogen-bond acceptors (Lipinski definition) is 6. The number of benzene rings is 1. The topological polar surface area (TPSA) is 113 Å². The fourth-order valence-electron chi connectivity index (χ4n) is 4.78. The first-order chi connectivity index (χ1) is 15.6. The largest absolute Gasteiger partial charge is 0.365 e. The van der Waals surface area contributed by atoms with Crippen molar-refractivity contribution in [3.63, 3.8) is 0 Å². The number of hydrogen-bond donors (Lipinski definition) is 2. The van der Waals surface area contributed by atoms with E-state index in [1.54, 1.807) is 0 Å². The highest BCUT2D eigenvalue weighted by Gasteiger charge is 2.32. The molecular weight excluding hydrogens is 460 g/mol. The van der Waals surface area contributed by atoms with Gasteiger partial charge in [0.25, 0.3) is 11.8 Å². The van der Waals surface area contributed by atoms with Gasteiger partial charge in [0.05, 0.1) is 10.5 Å². The maximum atomic E-state index is 13.1. The van der Waals surface area contributed by atoms with Crippen molar-refractivity contribution < 1.29 is 18.0 Å². The molecule has 2 aliphatic heterocycles. The molecule has 2 aromatic rings. The van der Waals surface area contributed by atoms with Crippen LogP contribution in [-0.2, 0) is 23.0 Å². The predicted molar refractivity (Wildman–Crippen MR) is 129 cm³/mol. The summed E-state index contributed by atoms with van der Waals surface area (Å²) < 4.78 is 27.7. The van der Waals surface area contributed by atoms with Gasteiger partial charge < -0.3 is 16.0 Å². The van der Waals surface area contributed by atoms with Crippen molar-refractivity contribution in [2.75, 3.05) is 32.0 Å². The Balaban J connectivity index is 1.53. The first-order valence-corrected chi connectivity index (χ1v) is 13.4. The minimum atomic E-state index is -3.62. The zero-order valence-corrected chi connectivity index (χ0v) is 20.8. The van der Waals surface area contributed by atoms with E-state index in [1.165, 1.54) is 39.9 Å². The number of sulfonamides is 1. The zero-order chi connectivity index (χ0) is 23.9. The number of carbonyl (C=O) groups is 2. The van der Waals surface area contributed by atoms with E-state index >= 15 is 0 Å². The smallest absolute Gasteiger partial charge is 0.256 e. The first kappa shape index (κ1) is 23.9. The Morgan fingerprint density at radius 1 is 1.12 bits per heavy atom. The third kappa shape index (κ3) is 4.84. The van der Waals surface area contributed by atoms with Gasteiger partial charge in [0.1, 0.15) is 5.00 Å². The van der Waals surface area contributed by atoms with Crippen LogP contribution in [0.15, 0.2) is 29.2 Å². The molecular formula is C23H30N4O4S2. The number of fused-ring (bicyclic) bond motifs is 1. The van der Waals surface area contributed by atoms with Gasteiger partial charge in [-0.3, -0.25) is 9.59 Å². The number of thiophene rings is 1. The van der Waals surface area contributed by atoms with E-state index < -0.39 is 21.8 Å². The van der Waals surface area contributed by atoms with Crippen LogP contribution in [0.25, 0.3) is 0 Å². The Labute approximate surface area is 198 Å². The normalized spacial score (nSPS) is 22.0. The second kappa shape index (κ2) is 9.17. The number of nitrogens with zero attached hydrogens (tertiary/aromatic N) is 2. The molecule has 2 amide bonds. The summed E-state index contributed by atoms with van der Waals surface area (Å²) in [6, 6.07) is 5.95. The highest BCUT2D eigenvalue weighted by molar-refractivity contribution is 7.89. The summed E-state index contributed by atoms with van der Waals surface area (Å²) in [5, 5.41) is 3.26. The summed E-state index contributed by atoms with van der Waals surface area (Å²) in [4.78, 5) is 28.3. The molecule has 0 unspecified atom stereocenters. The van der Waals surface area contributed by atoms with Crippen LogP contribution in [0.3, 0.4) is 0 Å². The molecule has 33 heavy (non-hydrogen) atoms. The van der Waals surface area contributed by atoms with Crippen LogP contribution in [0, 0.1) is 11.8 Å². The van der Waals surface area contributed by atoms with E-state index in [2.05, 4.69) is 24.1 Å². The Morgan fingerprint density at radius 3 is 2.36 bits per heavy atom. The van der Waals surface area contributed by atoms with E-state index in [4.69, 9.17) is 5.73 Å². The van der Waals surface area contributed by atoms with Crippen LogP contribution in [0.2, 0.25) is 0 Å². The Kier molecular flexibility index (Phi) is 6.63. The molecule has 3 heterocycles. The average molecular weight is 491 g/mol. The molecule has 0 radical (unpaired) electrons. The summed E-state index contributed by atoms with van der Waals surface area (Å²) in [6.07, 6.45) is 1.72. The minimum Gasteiger partial charge on any atom is -0.365 e. The lowest BCUT2D eigenvalue weighted by Crippen LogP contribution is -2.42. The summed E-state index contributed by atoms with van der Waals surface area (Å²) >= 11 is 1.37. The molecule has 1 fully saturated rings. The van der Waals surface area contributed by atoms with Gasteiger partial charge in [-0.1, -0.05) is 13.8 Å². The summed E-state index contributed by atoms with van der Waals surface area (Å²) in [6.45, 7) is 6.66. The monoisotopic (exact) mass is 490 g/mol. The van der Waals surface area contributed by atoms with Crippen LogP contribution in [0.5, 0.6) is 0 Å². The maximum absolute atomic E-state index is 13.1. The van der Waals surface area contributed by atoms with Crippen molar-refractivity contribution in [1.82, 2.24) is 9.21 Å². The quantitative estimate of drug-likeness (QED) is 0.669. The van der Waals surface area contributed by atoms with Gasteiger partial charge in [0.2, 0.25) is 10.0 Å². The Morgan fingerprint density at radius 2 is 1.76 bits per heavy atom. The van der Waals surface area contributed by atoms with Gasteiger partial charge in [-0.15, -0.1) is 11.3 Å². The number of anilines is 1. The highest BCUT2D eigenvalue weighted by Crippen LogP contribution is 2.37. The molecule has 0 saturated carbocycles. The fourth-order valence-corrected chi connectivity index (χ4v) is 7.79. The lowest BCUT2D eigenvalue weighted by molar-refractivity contribution is 0.1000. The van der Waals surface area contributed by atoms with Gasteiger partial charge in [0.15, 0.2) is 0 Å².